The van der Waals surface area contributed by atoms with Gasteiger partial charge in [-0.2, -0.15) is 0 Å². The molecule has 18 heavy (non-hydrogen) atoms. The van der Waals surface area contributed by atoms with E-state index in [1.807, 2.05) is 29.8 Å². The van der Waals surface area contributed by atoms with Crippen LogP contribution in [-0.2, 0) is 6.42 Å². The number of aryl methyl sites for hydroxylation is 1. The van der Waals surface area contributed by atoms with Crippen LogP contribution in [0.4, 0.5) is 0 Å². The first-order valence-corrected chi connectivity index (χ1v) is 6.30. The summed E-state index contributed by atoms with van der Waals surface area (Å²) in [5, 5.41) is 17.3. The Hall–Kier alpha value is -1.68. The van der Waals surface area contributed by atoms with E-state index in [0.29, 0.717) is 0 Å². The minimum Gasteiger partial charge on any atom is -0.396 e. The van der Waals surface area contributed by atoms with Gasteiger partial charge in [0.05, 0.1) is 17.4 Å². The van der Waals surface area contributed by atoms with E-state index in [1.54, 1.807) is 0 Å². The average Bonchev–Trinajstić information content (AvgIpc) is 2.78. The fourth-order valence-corrected chi connectivity index (χ4v) is 2.09. The second-order valence-electron chi connectivity index (χ2n) is 4.48. The van der Waals surface area contributed by atoms with Crippen molar-refractivity contribution in [1.82, 2.24) is 15.0 Å². The Morgan fingerprint density at radius 1 is 1.28 bits per heavy atom. The van der Waals surface area contributed by atoms with Crippen LogP contribution in [0.3, 0.4) is 0 Å². The number of benzene rings is 1. The zero-order valence-electron chi connectivity index (χ0n) is 10.9. The lowest BCUT2D eigenvalue weighted by molar-refractivity contribution is 0.288. The predicted octanol–water partition coefficient (Wildman–Crippen LogP) is 2.12. The summed E-state index contributed by atoms with van der Waals surface area (Å²) in [6, 6.07) is 10.5. The second-order valence-corrected chi connectivity index (χ2v) is 4.48. The molecule has 2 aromatic rings. The van der Waals surface area contributed by atoms with Gasteiger partial charge in [-0.1, -0.05) is 35.5 Å². The summed E-state index contributed by atoms with van der Waals surface area (Å²) < 4.78 is 1.95. The van der Waals surface area contributed by atoms with Crippen molar-refractivity contribution in [3.63, 3.8) is 0 Å². The summed E-state index contributed by atoms with van der Waals surface area (Å²) in [6.07, 6.45) is 1.52. The number of rotatable bonds is 5. The van der Waals surface area contributed by atoms with Gasteiger partial charge < -0.3 is 5.11 Å². The van der Waals surface area contributed by atoms with E-state index >= 15 is 0 Å². The largest absolute Gasteiger partial charge is 0.396 e. The van der Waals surface area contributed by atoms with Gasteiger partial charge >= 0.3 is 0 Å². The maximum absolute atomic E-state index is 8.86. The van der Waals surface area contributed by atoms with Gasteiger partial charge in [-0.05, 0) is 32.3 Å². The molecule has 0 aliphatic carbocycles. The Labute approximate surface area is 107 Å². The summed E-state index contributed by atoms with van der Waals surface area (Å²) in [7, 11) is 0. The molecule has 4 heteroatoms. The van der Waals surface area contributed by atoms with Crippen molar-refractivity contribution < 1.29 is 5.11 Å². The molecule has 1 N–H and O–H groups in total. The minimum absolute atomic E-state index is 0.182. The molecule has 0 spiro atoms. The van der Waals surface area contributed by atoms with E-state index in [9.17, 15) is 0 Å². The molecule has 2 rings (SSSR count). The topological polar surface area (TPSA) is 50.9 Å². The highest BCUT2D eigenvalue weighted by molar-refractivity contribution is 5.20. The van der Waals surface area contributed by atoms with Crippen molar-refractivity contribution in [3.05, 3.63) is 47.3 Å². The molecule has 0 aliphatic rings. The number of aliphatic hydroxyl groups excluding tert-OH is 1. The molecule has 0 fully saturated rings. The summed E-state index contributed by atoms with van der Waals surface area (Å²) in [6.45, 7) is 4.35. The Bertz CT molecular complexity index is 493. The first kappa shape index (κ1) is 12.8. The highest BCUT2D eigenvalue weighted by Gasteiger charge is 2.14. The third-order valence-corrected chi connectivity index (χ3v) is 3.24. The first-order chi connectivity index (χ1) is 8.74. The van der Waals surface area contributed by atoms with E-state index in [0.717, 1.165) is 24.2 Å². The standard InChI is InChI=1S/C14H19N3O/c1-11(13-7-4-3-5-8-13)17-12(2)14(15-16-17)9-6-10-18/h3-5,7-8,11,18H,6,9-10H2,1-2H3. The van der Waals surface area contributed by atoms with E-state index < -0.39 is 0 Å². The van der Waals surface area contributed by atoms with Gasteiger partial charge in [0.2, 0.25) is 0 Å². The molecule has 1 aromatic heterocycles. The lowest BCUT2D eigenvalue weighted by atomic mass is 10.1. The highest BCUT2D eigenvalue weighted by Crippen LogP contribution is 2.19. The van der Waals surface area contributed by atoms with Gasteiger partial charge in [-0.3, -0.25) is 0 Å². The van der Waals surface area contributed by atoms with Crippen molar-refractivity contribution >= 4 is 0 Å². The molecule has 1 atom stereocenters. The average molecular weight is 245 g/mol. The Morgan fingerprint density at radius 3 is 2.67 bits per heavy atom. The first-order valence-electron chi connectivity index (χ1n) is 6.30. The van der Waals surface area contributed by atoms with E-state index in [2.05, 4.69) is 29.4 Å². The Morgan fingerprint density at radius 2 is 2.00 bits per heavy atom. The van der Waals surface area contributed by atoms with Crippen LogP contribution in [0.15, 0.2) is 30.3 Å². The lowest BCUT2D eigenvalue weighted by Gasteiger charge is -2.13. The minimum atomic E-state index is 0.182. The molecule has 0 radical (unpaired) electrons. The van der Waals surface area contributed by atoms with Crippen LogP contribution in [0, 0.1) is 6.92 Å². The van der Waals surface area contributed by atoms with Crippen molar-refractivity contribution in [3.8, 4) is 0 Å². The summed E-state index contributed by atoms with van der Waals surface area (Å²) >= 11 is 0. The zero-order chi connectivity index (χ0) is 13.0. The van der Waals surface area contributed by atoms with Crippen LogP contribution in [0.2, 0.25) is 0 Å². The van der Waals surface area contributed by atoms with E-state index in [-0.39, 0.29) is 12.6 Å². The number of nitrogens with zero attached hydrogens (tertiary/aromatic N) is 3. The predicted molar refractivity (Wildman–Crippen MR) is 70.4 cm³/mol. The quantitative estimate of drug-likeness (QED) is 0.877. The molecule has 0 saturated heterocycles. The van der Waals surface area contributed by atoms with Crippen LogP contribution in [-0.4, -0.2) is 26.7 Å². The van der Waals surface area contributed by atoms with Crippen molar-refractivity contribution in [1.29, 1.82) is 0 Å². The number of aliphatic hydroxyl groups is 1. The Kier molecular flexibility index (Phi) is 4.10. The highest BCUT2D eigenvalue weighted by atomic mass is 16.2. The van der Waals surface area contributed by atoms with Gasteiger partial charge in [0.25, 0.3) is 0 Å². The van der Waals surface area contributed by atoms with Crippen LogP contribution in [0.5, 0.6) is 0 Å². The summed E-state index contributed by atoms with van der Waals surface area (Å²) in [4.78, 5) is 0. The molecule has 1 aromatic carbocycles. The van der Waals surface area contributed by atoms with Gasteiger partial charge in [0.15, 0.2) is 0 Å². The maximum atomic E-state index is 8.86. The molecule has 0 bridgehead atoms. The number of hydrogen-bond donors (Lipinski definition) is 1. The SMILES string of the molecule is Cc1c(CCCO)nnn1C(C)c1ccccc1. The second kappa shape index (κ2) is 5.78. The fourth-order valence-electron chi connectivity index (χ4n) is 2.09. The maximum Gasteiger partial charge on any atom is 0.0857 e. The van der Waals surface area contributed by atoms with E-state index in [4.69, 9.17) is 5.11 Å². The third kappa shape index (κ3) is 2.59. The van der Waals surface area contributed by atoms with Crippen molar-refractivity contribution in [2.75, 3.05) is 6.61 Å². The number of hydrogen-bond acceptors (Lipinski definition) is 3. The number of aromatic nitrogens is 3. The van der Waals surface area contributed by atoms with E-state index in [1.165, 1.54) is 5.56 Å². The molecular weight excluding hydrogens is 226 g/mol. The zero-order valence-corrected chi connectivity index (χ0v) is 10.9. The van der Waals surface area contributed by atoms with Crippen molar-refractivity contribution in [2.45, 2.75) is 32.7 Å². The molecule has 1 heterocycles. The summed E-state index contributed by atoms with van der Waals surface area (Å²) in [5.41, 5.74) is 3.28. The van der Waals surface area contributed by atoms with Crippen LogP contribution in [0.1, 0.15) is 36.3 Å². The monoisotopic (exact) mass is 245 g/mol. The molecule has 0 amide bonds. The fraction of sp³-hybridized carbons (Fsp3) is 0.429. The van der Waals surface area contributed by atoms with Crippen LogP contribution in [0.25, 0.3) is 0 Å². The molecule has 0 saturated carbocycles. The van der Waals surface area contributed by atoms with Gasteiger partial charge in [-0.15, -0.1) is 5.10 Å². The molecule has 96 valence electrons. The Balaban J connectivity index is 2.21. The lowest BCUT2D eigenvalue weighted by Crippen LogP contribution is -2.10. The third-order valence-electron chi connectivity index (χ3n) is 3.24. The normalized spacial score (nSPS) is 12.6. The smallest absolute Gasteiger partial charge is 0.0857 e. The molecule has 0 aliphatic heterocycles. The van der Waals surface area contributed by atoms with Gasteiger partial charge in [-0.25, -0.2) is 4.68 Å². The van der Waals surface area contributed by atoms with Crippen LogP contribution >= 0.6 is 0 Å². The van der Waals surface area contributed by atoms with Gasteiger partial charge in [0, 0.05) is 6.61 Å². The summed E-state index contributed by atoms with van der Waals surface area (Å²) in [5.74, 6) is 0. The van der Waals surface area contributed by atoms with Crippen molar-refractivity contribution in [2.24, 2.45) is 0 Å². The molecular formula is C14H19N3O. The van der Waals surface area contributed by atoms with Crippen LogP contribution < -0.4 is 0 Å². The molecule has 4 nitrogen and oxygen atoms in total. The molecule has 1 unspecified atom stereocenters. The van der Waals surface area contributed by atoms with Gasteiger partial charge in [0.1, 0.15) is 0 Å².